The van der Waals surface area contributed by atoms with Gasteiger partial charge in [-0.15, -0.1) is 0 Å². The van der Waals surface area contributed by atoms with Gasteiger partial charge in [-0.3, -0.25) is 14.6 Å². The minimum Gasteiger partial charge on any atom is -0.355 e. The molecule has 1 spiro atoms. The highest BCUT2D eigenvalue weighted by atomic mass is 19.4. The number of fused-ring (bicyclic) bond motifs is 2. The highest BCUT2D eigenvalue weighted by Gasteiger charge is 2.45. The molecule has 0 radical (unpaired) electrons. The van der Waals surface area contributed by atoms with Crippen LogP contribution in [0.2, 0.25) is 0 Å². The SMILES string of the molecule is C=CC(=O)N1CCN(CCCCn2c(C#N)cc3c(C)c(CN4CCC5(CC4)CN(c4ncnc6ccc(CC(F)(F)F)cc46)C5)ccc32)CC1. The topological polar surface area (TPSA) is 84.5 Å². The van der Waals surface area contributed by atoms with Crippen molar-refractivity contribution >= 4 is 33.5 Å². The Morgan fingerprint density at radius 3 is 2.41 bits per heavy atom. The molecule has 3 fully saturated rings. The lowest BCUT2D eigenvalue weighted by Crippen LogP contribution is -2.60. The smallest absolute Gasteiger partial charge is 0.355 e. The fourth-order valence-electron chi connectivity index (χ4n) is 8.29. The molecule has 3 saturated heterocycles. The van der Waals surface area contributed by atoms with Gasteiger partial charge < -0.3 is 14.4 Å². The zero-order chi connectivity index (χ0) is 35.8. The molecule has 0 aliphatic carbocycles. The van der Waals surface area contributed by atoms with Crippen molar-refractivity contribution in [2.24, 2.45) is 5.41 Å². The molecular formula is C39H45F3N8O. The Morgan fingerprint density at radius 2 is 1.71 bits per heavy atom. The highest BCUT2D eigenvalue weighted by Crippen LogP contribution is 2.44. The van der Waals surface area contributed by atoms with E-state index in [1.54, 1.807) is 12.1 Å². The number of carbonyl (C=O) groups is 1. The molecule has 0 N–H and O–H groups in total. The van der Waals surface area contributed by atoms with Crippen LogP contribution in [0.5, 0.6) is 0 Å². The second kappa shape index (κ2) is 14.3. The van der Waals surface area contributed by atoms with Crippen molar-refractivity contribution in [1.82, 2.24) is 29.2 Å². The summed E-state index contributed by atoms with van der Waals surface area (Å²) in [5.41, 5.74) is 5.40. The number of hydrogen-bond donors (Lipinski definition) is 0. The van der Waals surface area contributed by atoms with Gasteiger partial charge in [-0.1, -0.05) is 18.7 Å². The number of unbranched alkanes of at least 4 members (excludes halogenated alkanes) is 1. The first kappa shape index (κ1) is 35.0. The number of nitrogens with zero attached hydrogens (tertiary/aromatic N) is 8. The van der Waals surface area contributed by atoms with Crippen molar-refractivity contribution in [2.45, 2.75) is 58.3 Å². The summed E-state index contributed by atoms with van der Waals surface area (Å²) in [6.45, 7) is 15.3. The Kier molecular flexibility index (Phi) is 9.78. The van der Waals surface area contributed by atoms with E-state index in [1.807, 2.05) is 11.0 Å². The van der Waals surface area contributed by atoms with Crippen LogP contribution >= 0.6 is 0 Å². The van der Waals surface area contributed by atoms with Gasteiger partial charge in [0.2, 0.25) is 5.91 Å². The number of piperazine rings is 1. The normalized spacial score (nSPS) is 18.3. The highest BCUT2D eigenvalue weighted by molar-refractivity contribution is 5.90. The molecule has 2 aromatic heterocycles. The van der Waals surface area contributed by atoms with Gasteiger partial charge in [-0.05, 0) is 99.3 Å². The number of likely N-dealkylation sites (tertiary alicyclic amines) is 1. The zero-order valence-corrected chi connectivity index (χ0v) is 29.3. The van der Waals surface area contributed by atoms with Crippen LogP contribution in [0.3, 0.4) is 0 Å². The summed E-state index contributed by atoms with van der Waals surface area (Å²) in [4.78, 5) is 29.6. The molecule has 7 rings (SSSR count). The van der Waals surface area contributed by atoms with E-state index < -0.39 is 12.6 Å². The van der Waals surface area contributed by atoms with Crippen LogP contribution in [-0.4, -0.2) is 100 Å². The monoisotopic (exact) mass is 698 g/mol. The number of halogens is 3. The van der Waals surface area contributed by atoms with Crippen LogP contribution in [-0.2, 0) is 24.3 Å². The molecule has 268 valence electrons. The van der Waals surface area contributed by atoms with E-state index >= 15 is 0 Å². The summed E-state index contributed by atoms with van der Waals surface area (Å²) in [7, 11) is 0. The van der Waals surface area contributed by atoms with E-state index in [1.165, 1.54) is 29.6 Å². The van der Waals surface area contributed by atoms with Crippen LogP contribution in [0.4, 0.5) is 19.0 Å². The van der Waals surface area contributed by atoms with Gasteiger partial charge in [0.05, 0.1) is 11.9 Å². The zero-order valence-electron chi connectivity index (χ0n) is 29.3. The molecule has 3 aliphatic rings. The lowest BCUT2D eigenvalue weighted by atomic mass is 9.72. The van der Waals surface area contributed by atoms with Gasteiger partial charge in [0.1, 0.15) is 23.9 Å². The molecule has 0 saturated carbocycles. The predicted octanol–water partition coefficient (Wildman–Crippen LogP) is 6.08. The molecular weight excluding hydrogens is 653 g/mol. The number of piperidine rings is 1. The summed E-state index contributed by atoms with van der Waals surface area (Å²) in [5.74, 6) is 0.729. The molecule has 2 aromatic carbocycles. The van der Waals surface area contributed by atoms with E-state index in [-0.39, 0.29) is 16.9 Å². The van der Waals surface area contributed by atoms with Crippen molar-refractivity contribution in [3.8, 4) is 6.07 Å². The fourth-order valence-corrected chi connectivity index (χ4v) is 8.29. The minimum atomic E-state index is -4.26. The lowest BCUT2D eigenvalue weighted by Gasteiger charge is -2.54. The van der Waals surface area contributed by atoms with E-state index in [0.29, 0.717) is 16.6 Å². The third-order valence-electron chi connectivity index (χ3n) is 11.3. The third-order valence-corrected chi connectivity index (χ3v) is 11.3. The van der Waals surface area contributed by atoms with Crippen LogP contribution in [0.25, 0.3) is 21.8 Å². The number of nitriles is 1. The molecule has 9 nitrogen and oxygen atoms in total. The summed E-state index contributed by atoms with van der Waals surface area (Å²) in [5, 5.41) is 11.8. The Morgan fingerprint density at radius 1 is 0.961 bits per heavy atom. The number of amides is 1. The maximum absolute atomic E-state index is 13.1. The molecule has 0 bridgehead atoms. The minimum absolute atomic E-state index is 0.00528. The van der Waals surface area contributed by atoms with Crippen LogP contribution in [0.1, 0.15) is 48.1 Å². The Bertz CT molecular complexity index is 1960. The van der Waals surface area contributed by atoms with Crippen LogP contribution in [0, 0.1) is 23.7 Å². The van der Waals surface area contributed by atoms with E-state index in [2.05, 4.69) is 60.9 Å². The maximum atomic E-state index is 13.1. The average molecular weight is 699 g/mol. The average Bonchev–Trinajstić information content (AvgIpc) is 3.48. The Hall–Kier alpha value is -4.47. The maximum Gasteiger partial charge on any atom is 0.393 e. The number of alkyl halides is 3. The molecule has 0 unspecified atom stereocenters. The van der Waals surface area contributed by atoms with Crippen molar-refractivity contribution in [2.75, 3.05) is 63.8 Å². The number of aromatic nitrogens is 3. The largest absolute Gasteiger partial charge is 0.393 e. The summed E-state index contributed by atoms with van der Waals surface area (Å²) >= 11 is 0. The molecule has 51 heavy (non-hydrogen) atoms. The fraction of sp³-hybridized carbons (Fsp3) is 0.487. The third kappa shape index (κ3) is 7.46. The van der Waals surface area contributed by atoms with Crippen LogP contribution < -0.4 is 4.90 Å². The first-order valence-corrected chi connectivity index (χ1v) is 18.0. The molecule has 4 aromatic rings. The Labute approximate surface area is 296 Å². The first-order chi connectivity index (χ1) is 24.5. The molecule has 0 atom stereocenters. The van der Waals surface area contributed by atoms with Gasteiger partial charge in [0.15, 0.2) is 0 Å². The quantitative estimate of drug-likeness (QED) is 0.147. The van der Waals surface area contributed by atoms with Crippen molar-refractivity contribution in [1.29, 1.82) is 5.26 Å². The number of carbonyl (C=O) groups excluding carboxylic acids is 1. The van der Waals surface area contributed by atoms with Crippen LogP contribution in [0.15, 0.2) is 55.4 Å². The van der Waals surface area contributed by atoms with Crippen molar-refractivity contribution in [3.05, 3.63) is 77.8 Å². The van der Waals surface area contributed by atoms with E-state index in [0.717, 1.165) is 114 Å². The number of aryl methyl sites for hydroxylation is 2. The molecule has 12 heteroatoms. The predicted molar refractivity (Wildman–Crippen MR) is 192 cm³/mol. The van der Waals surface area contributed by atoms with Gasteiger partial charge in [-0.25, -0.2) is 9.97 Å². The van der Waals surface area contributed by atoms with Gasteiger partial charge in [0.25, 0.3) is 0 Å². The first-order valence-electron chi connectivity index (χ1n) is 18.0. The Balaban J connectivity index is 0.928. The summed E-state index contributed by atoms with van der Waals surface area (Å²) < 4.78 is 41.4. The number of benzene rings is 2. The number of anilines is 1. The lowest BCUT2D eigenvalue weighted by molar-refractivity contribution is -0.128. The molecule has 3 aliphatic heterocycles. The summed E-state index contributed by atoms with van der Waals surface area (Å²) in [6.07, 6.45) is 1.79. The molecule has 1 amide bonds. The second-order valence-electron chi connectivity index (χ2n) is 14.6. The van der Waals surface area contributed by atoms with E-state index in [9.17, 15) is 23.2 Å². The molecule has 5 heterocycles. The van der Waals surface area contributed by atoms with Crippen molar-refractivity contribution < 1.29 is 18.0 Å². The second-order valence-corrected chi connectivity index (χ2v) is 14.6. The number of rotatable bonds is 10. The standard InChI is InChI=1S/C39H45F3N8O/c1-3-36(51)48-18-16-46(17-19-48)12-4-5-13-50-31(23-43)21-32-28(2)30(7-9-35(32)50)24-47-14-10-38(11-15-47)25-49(26-38)37-33-20-29(22-39(40,41)42)6-8-34(33)44-27-45-37/h3,6-9,20-21,27H,1,4-5,10-19,22,24-26H2,2H3. The van der Waals surface area contributed by atoms with Gasteiger partial charge >= 0.3 is 6.18 Å². The van der Waals surface area contributed by atoms with Gasteiger partial charge in [0, 0.05) is 74.1 Å². The van der Waals surface area contributed by atoms with E-state index in [4.69, 9.17) is 0 Å². The van der Waals surface area contributed by atoms with Crippen molar-refractivity contribution in [3.63, 3.8) is 0 Å². The number of hydrogen-bond acceptors (Lipinski definition) is 7. The van der Waals surface area contributed by atoms with Gasteiger partial charge in [-0.2, -0.15) is 18.4 Å². The summed E-state index contributed by atoms with van der Waals surface area (Å²) in [6, 6.07) is 13.6.